The van der Waals surface area contributed by atoms with Crippen LogP contribution in [0.15, 0.2) is 11.1 Å². The molecule has 0 aliphatic carbocycles. The first-order chi connectivity index (χ1) is 9.90. The monoisotopic (exact) mass is 297 g/mol. The molecule has 114 valence electrons. The van der Waals surface area contributed by atoms with Crippen molar-refractivity contribution in [1.82, 2.24) is 19.5 Å². The van der Waals surface area contributed by atoms with Crippen molar-refractivity contribution in [2.24, 2.45) is 0 Å². The number of fused-ring (bicyclic) bond motifs is 1. The molecule has 1 saturated heterocycles. The number of aromatic amines is 1. The molecule has 3 heterocycles. The lowest BCUT2D eigenvalue weighted by Gasteiger charge is -2.17. The highest BCUT2D eigenvalue weighted by molar-refractivity contribution is 5.70. The molecule has 5 atom stereocenters. The van der Waals surface area contributed by atoms with Crippen LogP contribution >= 0.6 is 0 Å². The lowest BCUT2D eigenvalue weighted by Crippen LogP contribution is -2.37. The number of nitrogens with zero attached hydrogens (tertiary/aromatic N) is 3. The van der Waals surface area contributed by atoms with Gasteiger partial charge in [-0.15, -0.1) is 0 Å². The number of aliphatic hydroxyl groups excluding tert-OH is 3. The number of nitrogens with one attached hydrogen (secondary N) is 1. The van der Waals surface area contributed by atoms with E-state index in [0.29, 0.717) is 0 Å². The lowest BCUT2D eigenvalue weighted by atomic mass is 10.1. The van der Waals surface area contributed by atoms with E-state index in [-0.39, 0.29) is 17.1 Å². The predicted octanol–water partition coefficient (Wildman–Crippen LogP) is -2.30. The van der Waals surface area contributed by atoms with Gasteiger partial charge in [-0.1, -0.05) is 0 Å². The van der Waals surface area contributed by atoms with Gasteiger partial charge >= 0.3 is 0 Å². The molecule has 0 bridgehead atoms. The molecule has 0 amide bonds. The number of aliphatic hydroxyl groups is 3. The molecular weight excluding hydrogens is 282 g/mol. The first-order valence-electron chi connectivity index (χ1n) is 6.32. The van der Waals surface area contributed by atoms with Crippen LogP contribution in [0.1, 0.15) is 13.2 Å². The van der Waals surface area contributed by atoms with E-state index in [0.717, 1.165) is 0 Å². The van der Waals surface area contributed by atoms with Gasteiger partial charge in [0.15, 0.2) is 17.4 Å². The fourth-order valence-corrected chi connectivity index (χ4v) is 2.44. The molecule has 6 N–H and O–H groups in total. The summed E-state index contributed by atoms with van der Waals surface area (Å²) in [5.41, 5.74) is 5.13. The minimum Gasteiger partial charge on any atom is -0.391 e. The summed E-state index contributed by atoms with van der Waals surface area (Å²) >= 11 is 0. The second-order valence-corrected chi connectivity index (χ2v) is 4.99. The van der Waals surface area contributed by atoms with Crippen LogP contribution in [0.4, 0.5) is 5.95 Å². The third kappa shape index (κ3) is 2.08. The molecule has 0 aromatic carbocycles. The average Bonchev–Trinajstić information content (AvgIpc) is 2.93. The Morgan fingerprint density at radius 1 is 1.48 bits per heavy atom. The third-order valence-electron chi connectivity index (χ3n) is 3.48. The number of hydrogen-bond acceptors (Lipinski definition) is 8. The van der Waals surface area contributed by atoms with Crippen LogP contribution in [0, 0.1) is 0 Å². The van der Waals surface area contributed by atoms with E-state index >= 15 is 0 Å². The van der Waals surface area contributed by atoms with Crippen molar-refractivity contribution in [1.29, 1.82) is 0 Å². The number of nitrogens with two attached hydrogens (primary N) is 1. The van der Waals surface area contributed by atoms with Gasteiger partial charge in [0, 0.05) is 0 Å². The van der Waals surface area contributed by atoms with E-state index in [1.54, 1.807) is 0 Å². The van der Waals surface area contributed by atoms with Crippen molar-refractivity contribution in [3.05, 3.63) is 16.7 Å². The van der Waals surface area contributed by atoms with Crippen LogP contribution in [-0.2, 0) is 4.74 Å². The highest BCUT2D eigenvalue weighted by Gasteiger charge is 2.46. The fraction of sp³-hybridized carbons (Fsp3) is 0.545. The molecule has 10 heteroatoms. The zero-order valence-electron chi connectivity index (χ0n) is 11.0. The van der Waals surface area contributed by atoms with E-state index in [4.69, 9.17) is 10.5 Å². The summed E-state index contributed by atoms with van der Waals surface area (Å²) in [6.07, 6.45) is -4.27. The normalized spacial score (nSPS) is 30.9. The lowest BCUT2D eigenvalue weighted by molar-refractivity contribution is -0.0777. The second-order valence-electron chi connectivity index (χ2n) is 4.99. The average molecular weight is 297 g/mol. The van der Waals surface area contributed by atoms with E-state index in [2.05, 4.69) is 15.0 Å². The number of ether oxygens (including phenoxy) is 1. The Morgan fingerprint density at radius 3 is 2.81 bits per heavy atom. The molecule has 2 unspecified atom stereocenters. The molecule has 21 heavy (non-hydrogen) atoms. The summed E-state index contributed by atoms with van der Waals surface area (Å²) in [5.74, 6) is -0.102. The van der Waals surface area contributed by atoms with Gasteiger partial charge < -0.3 is 25.8 Å². The third-order valence-corrected chi connectivity index (χ3v) is 3.48. The predicted molar refractivity (Wildman–Crippen MR) is 70.2 cm³/mol. The summed E-state index contributed by atoms with van der Waals surface area (Å²) in [4.78, 5) is 21.9. The Hall–Kier alpha value is -2.01. The molecule has 0 spiro atoms. The van der Waals surface area contributed by atoms with Gasteiger partial charge in [0.2, 0.25) is 5.95 Å². The van der Waals surface area contributed by atoms with Crippen LogP contribution in [-0.4, -0.2) is 59.3 Å². The SMILES string of the molecule is C[C@@H](O)[C@H]1O[C@@H](n2cnc3c(=O)[nH]c(N)nc32)C(O)C1O. The smallest absolute Gasteiger partial charge is 0.280 e. The number of rotatable bonds is 2. The van der Waals surface area contributed by atoms with Crippen LogP contribution in [0.5, 0.6) is 0 Å². The molecule has 1 aliphatic rings. The Bertz CT molecular complexity index is 725. The van der Waals surface area contributed by atoms with Gasteiger partial charge in [-0.2, -0.15) is 4.98 Å². The van der Waals surface area contributed by atoms with Gasteiger partial charge in [-0.3, -0.25) is 14.3 Å². The molecule has 2 aromatic heterocycles. The fourth-order valence-electron chi connectivity index (χ4n) is 2.44. The summed E-state index contributed by atoms with van der Waals surface area (Å²) in [6.45, 7) is 1.44. The highest BCUT2D eigenvalue weighted by atomic mass is 16.6. The highest BCUT2D eigenvalue weighted by Crippen LogP contribution is 2.32. The maximum absolute atomic E-state index is 11.7. The quantitative estimate of drug-likeness (QED) is 0.414. The molecule has 3 rings (SSSR count). The van der Waals surface area contributed by atoms with Gasteiger partial charge in [0.1, 0.15) is 18.3 Å². The Morgan fingerprint density at radius 2 is 2.19 bits per heavy atom. The van der Waals surface area contributed by atoms with Gasteiger partial charge in [-0.05, 0) is 6.92 Å². The van der Waals surface area contributed by atoms with Crippen molar-refractivity contribution < 1.29 is 20.1 Å². The number of nitrogen functional groups attached to an aromatic ring is 1. The van der Waals surface area contributed by atoms with E-state index in [1.807, 2.05) is 0 Å². The Labute approximate surface area is 117 Å². The molecular formula is C11H15N5O5. The second kappa shape index (κ2) is 4.77. The maximum Gasteiger partial charge on any atom is 0.280 e. The van der Waals surface area contributed by atoms with Crippen molar-refractivity contribution in [3.8, 4) is 0 Å². The summed E-state index contributed by atoms with van der Waals surface area (Å²) in [7, 11) is 0. The van der Waals surface area contributed by atoms with Crippen LogP contribution < -0.4 is 11.3 Å². The van der Waals surface area contributed by atoms with Gasteiger partial charge in [0.05, 0.1) is 12.4 Å². The van der Waals surface area contributed by atoms with Crippen molar-refractivity contribution in [2.75, 3.05) is 5.73 Å². The summed E-state index contributed by atoms with van der Waals surface area (Å²) in [6, 6.07) is 0. The van der Waals surface area contributed by atoms with Crippen molar-refractivity contribution >= 4 is 17.1 Å². The van der Waals surface area contributed by atoms with Gasteiger partial charge in [-0.25, -0.2) is 4.98 Å². The van der Waals surface area contributed by atoms with Crippen LogP contribution in [0.3, 0.4) is 0 Å². The van der Waals surface area contributed by atoms with E-state index < -0.39 is 36.2 Å². The Balaban J connectivity index is 2.07. The number of hydrogen-bond donors (Lipinski definition) is 5. The van der Waals surface area contributed by atoms with Crippen LogP contribution in [0.25, 0.3) is 11.2 Å². The van der Waals surface area contributed by atoms with E-state index in [1.165, 1.54) is 17.8 Å². The maximum atomic E-state index is 11.7. The first-order valence-corrected chi connectivity index (χ1v) is 6.32. The molecule has 1 aliphatic heterocycles. The van der Waals surface area contributed by atoms with Gasteiger partial charge in [0.25, 0.3) is 5.56 Å². The topological polar surface area (TPSA) is 160 Å². The standard InChI is InChI=1S/C11H15N5O5/c1-3(17)7-5(18)6(19)10(21-7)16-2-13-4-8(16)14-11(12)15-9(4)20/h2-3,5-7,10,17-19H,1H3,(H3,12,14,15,20)/t3-,5?,6?,7-,10-/m1/s1. The number of anilines is 1. The molecule has 2 aromatic rings. The number of imidazole rings is 1. The molecule has 0 saturated carbocycles. The van der Waals surface area contributed by atoms with E-state index in [9.17, 15) is 20.1 Å². The molecule has 1 fully saturated rings. The Kier molecular flexibility index (Phi) is 3.17. The minimum atomic E-state index is -1.30. The largest absolute Gasteiger partial charge is 0.391 e. The zero-order chi connectivity index (χ0) is 15.3. The number of aromatic nitrogens is 4. The molecule has 0 radical (unpaired) electrons. The van der Waals surface area contributed by atoms with Crippen molar-refractivity contribution in [2.45, 2.75) is 37.6 Å². The number of H-pyrrole nitrogens is 1. The minimum absolute atomic E-state index is 0.0370. The van der Waals surface area contributed by atoms with Crippen molar-refractivity contribution in [3.63, 3.8) is 0 Å². The molecule has 10 nitrogen and oxygen atoms in total. The van der Waals surface area contributed by atoms with Crippen LogP contribution in [0.2, 0.25) is 0 Å². The zero-order valence-corrected chi connectivity index (χ0v) is 11.0. The summed E-state index contributed by atoms with van der Waals surface area (Å²) < 4.78 is 6.76. The first kappa shape index (κ1) is 13.9. The summed E-state index contributed by atoms with van der Waals surface area (Å²) in [5, 5.41) is 29.5.